The Morgan fingerprint density at radius 2 is 2.41 bits per heavy atom. The topological polar surface area (TPSA) is 49.3 Å². The number of thiophene rings is 1. The maximum atomic E-state index is 11.4. The first kappa shape index (κ1) is 13.9. The fourth-order valence-corrected chi connectivity index (χ4v) is 2.19. The SMILES string of the molecule is Cc1ccsc1/C=C/C(=O)NCCCC(C)O. The molecule has 0 bridgehead atoms. The van der Waals surface area contributed by atoms with E-state index in [0.717, 1.165) is 11.3 Å². The average Bonchev–Trinajstić information content (AvgIpc) is 2.67. The van der Waals surface area contributed by atoms with Crippen LogP contribution in [0.4, 0.5) is 0 Å². The van der Waals surface area contributed by atoms with Crippen molar-refractivity contribution in [2.45, 2.75) is 32.8 Å². The van der Waals surface area contributed by atoms with E-state index in [0.29, 0.717) is 13.0 Å². The Hall–Kier alpha value is -1.13. The third kappa shape index (κ3) is 5.65. The molecule has 0 aromatic carbocycles. The monoisotopic (exact) mass is 253 g/mol. The van der Waals surface area contributed by atoms with Gasteiger partial charge in [0.2, 0.25) is 5.91 Å². The predicted molar refractivity (Wildman–Crippen MR) is 72.0 cm³/mol. The third-order valence-electron chi connectivity index (χ3n) is 2.39. The standard InChI is InChI=1S/C13H19NO2S/c1-10-7-9-17-12(10)5-6-13(16)14-8-3-4-11(2)15/h5-7,9,11,15H,3-4,8H2,1-2H3,(H,14,16)/b6-5+. The molecule has 1 rings (SSSR count). The van der Waals surface area contributed by atoms with Gasteiger partial charge in [0, 0.05) is 17.5 Å². The predicted octanol–water partition coefficient (Wildman–Crippen LogP) is 2.35. The van der Waals surface area contributed by atoms with Crippen molar-refractivity contribution >= 4 is 23.3 Å². The van der Waals surface area contributed by atoms with Crippen molar-refractivity contribution < 1.29 is 9.90 Å². The number of aliphatic hydroxyl groups excluding tert-OH is 1. The molecule has 1 amide bonds. The summed E-state index contributed by atoms with van der Waals surface area (Å²) in [6, 6.07) is 2.03. The summed E-state index contributed by atoms with van der Waals surface area (Å²) in [7, 11) is 0. The molecule has 1 unspecified atom stereocenters. The van der Waals surface area contributed by atoms with Gasteiger partial charge in [0.1, 0.15) is 0 Å². The normalized spacial score (nSPS) is 12.9. The molecule has 0 spiro atoms. The summed E-state index contributed by atoms with van der Waals surface area (Å²) in [5.74, 6) is -0.0802. The number of nitrogens with one attached hydrogen (secondary N) is 1. The molecule has 0 aliphatic carbocycles. The lowest BCUT2D eigenvalue weighted by atomic mass is 10.2. The van der Waals surface area contributed by atoms with Gasteiger partial charge in [0.05, 0.1) is 6.10 Å². The van der Waals surface area contributed by atoms with Crippen LogP contribution in [0.5, 0.6) is 0 Å². The van der Waals surface area contributed by atoms with Gasteiger partial charge in [-0.2, -0.15) is 0 Å². The van der Waals surface area contributed by atoms with E-state index in [2.05, 4.69) is 5.32 Å². The Balaban J connectivity index is 2.26. The Bertz CT molecular complexity index is 383. The maximum Gasteiger partial charge on any atom is 0.244 e. The van der Waals surface area contributed by atoms with Gasteiger partial charge < -0.3 is 10.4 Å². The molecular weight excluding hydrogens is 234 g/mol. The van der Waals surface area contributed by atoms with Gasteiger partial charge in [-0.1, -0.05) is 0 Å². The second kappa shape index (κ2) is 7.25. The van der Waals surface area contributed by atoms with Crippen molar-refractivity contribution in [3.05, 3.63) is 28.0 Å². The quantitative estimate of drug-likeness (QED) is 0.604. The van der Waals surface area contributed by atoms with Crippen molar-refractivity contribution in [2.24, 2.45) is 0 Å². The number of aliphatic hydroxyl groups is 1. The third-order valence-corrected chi connectivity index (χ3v) is 3.37. The number of amides is 1. The molecule has 0 radical (unpaired) electrons. The molecule has 0 aliphatic heterocycles. The highest BCUT2D eigenvalue weighted by molar-refractivity contribution is 7.11. The molecule has 2 N–H and O–H groups in total. The van der Waals surface area contributed by atoms with E-state index < -0.39 is 0 Å². The second-order valence-corrected chi connectivity index (χ2v) is 5.03. The van der Waals surface area contributed by atoms with Crippen LogP contribution in [-0.4, -0.2) is 23.7 Å². The van der Waals surface area contributed by atoms with Gasteiger partial charge >= 0.3 is 0 Å². The van der Waals surface area contributed by atoms with E-state index in [9.17, 15) is 4.79 Å². The molecule has 0 saturated carbocycles. The van der Waals surface area contributed by atoms with Gasteiger partial charge in [-0.25, -0.2) is 0 Å². The van der Waals surface area contributed by atoms with Crippen LogP contribution in [0.15, 0.2) is 17.5 Å². The molecule has 17 heavy (non-hydrogen) atoms. The van der Waals surface area contributed by atoms with Crippen LogP contribution in [0.25, 0.3) is 6.08 Å². The van der Waals surface area contributed by atoms with Gasteiger partial charge in [-0.15, -0.1) is 11.3 Å². The molecule has 0 saturated heterocycles. The molecule has 1 aromatic rings. The largest absolute Gasteiger partial charge is 0.393 e. The zero-order valence-corrected chi connectivity index (χ0v) is 11.1. The van der Waals surface area contributed by atoms with Crippen LogP contribution in [0.3, 0.4) is 0 Å². The highest BCUT2D eigenvalue weighted by Gasteiger charge is 1.99. The summed E-state index contributed by atoms with van der Waals surface area (Å²) in [5.41, 5.74) is 1.19. The van der Waals surface area contributed by atoms with Crippen LogP contribution >= 0.6 is 11.3 Å². The van der Waals surface area contributed by atoms with Crippen LogP contribution in [0, 0.1) is 6.92 Å². The highest BCUT2D eigenvalue weighted by atomic mass is 32.1. The van der Waals surface area contributed by atoms with E-state index in [1.807, 2.05) is 24.4 Å². The molecule has 0 aliphatic rings. The first-order valence-electron chi connectivity index (χ1n) is 5.77. The average molecular weight is 253 g/mol. The molecule has 94 valence electrons. The smallest absolute Gasteiger partial charge is 0.244 e. The molecule has 0 fully saturated rings. The van der Waals surface area contributed by atoms with Crippen LogP contribution in [-0.2, 0) is 4.79 Å². The number of carbonyl (C=O) groups is 1. The summed E-state index contributed by atoms with van der Waals surface area (Å²) >= 11 is 1.62. The number of aryl methyl sites for hydroxylation is 1. The lowest BCUT2D eigenvalue weighted by molar-refractivity contribution is -0.116. The van der Waals surface area contributed by atoms with Gasteiger partial charge in [-0.05, 0) is 49.8 Å². The zero-order chi connectivity index (χ0) is 12.7. The Morgan fingerprint density at radius 1 is 1.65 bits per heavy atom. The molecule has 1 heterocycles. The van der Waals surface area contributed by atoms with Crippen molar-refractivity contribution in [1.82, 2.24) is 5.32 Å². The summed E-state index contributed by atoms with van der Waals surface area (Å²) in [6.45, 7) is 4.38. The van der Waals surface area contributed by atoms with E-state index >= 15 is 0 Å². The minimum atomic E-state index is -0.295. The number of hydrogen-bond donors (Lipinski definition) is 2. The Labute approximate surface area is 106 Å². The zero-order valence-electron chi connectivity index (χ0n) is 10.3. The van der Waals surface area contributed by atoms with Crippen molar-refractivity contribution in [1.29, 1.82) is 0 Å². The second-order valence-electron chi connectivity index (χ2n) is 4.08. The summed E-state index contributed by atoms with van der Waals surface area (Å²) in [6.07, 6.45) is 4.62. The summed E-state index contributed by atoms with van der Waals surface area (Å²) < 4.78 is 0. The lowest BCUT2D eigenvalue weighted by Crippen LogP contribution is -2.22. The van der Waals surface area contributed by atoms with Crippen molar-refractivity contribution in [3.8, 4) is 0 Å². The summed E-state index contributed by atoms with van der Waals surface area (Å²) in [5, 5.41) is 13.8. The number of rotatable bonds is 6. The fraction of sp³-hybridized carbons (Fsp3) is 0.462. The first-order valence-corrected chi connectivity index (χ1v) is 6.65. The maximum absolute atomic E-state index is 11.4. The van der Waals surface area contributed by atoms with E-state index in [1.54, 1.807) is 24.3 Å². The van der Waals surface area contributed by atoms with Crippen molar-refractivity contribution in [3.63, 3.8) is 0 Å². The van der Waals surface area contributed by atoms with Crippen molar-refractivity contribution in [2.75, 3.05) is 6.54 Å². The summed E-state index contributed by atoms with van der Waals surface area (Å²) in [4.78, 5) is 12.6. The first-order chi connectivity index (χ1) is 8.09. The molecule has 1 atom stereocenters. The number of carbonyl (C=O) groups excluding carboxylic acids is 1. The molecular formula is C13H19NO2S. The van der Waals surface area contributed by atoms with Gasteiger partial charge in [0.15, 0.2) is 0 Å². The van der Waals surface area contributed by atoms with E-state index in [1.165, 1.54) is 5.56 Å². The highest BCUT2D eigenvalue weighted by Crippen LogP contribution is 2.16. The van der Waals surface area contributed by atoms with Crippen LogP contribution in [0.1, 0.15) is 30.2 Å². The Kier molecular flexibility index (Phi) is 5.94. The molecule has 1 aromatic heterocycles. The van der Waals surface area contributed by atoms with Crippen LogP contribution < -0.4 is 5.32 Å². The lowest BCUT2D eigenvalue weighted by Gasteiger charge is -2.04. The number of hydrogen-bond acceptors (Lipinski definition) is 3. The van der Waals surface area contributed by atoms with Gasteiger partial charge in [0.25, 0.3) is 0 Å². The van der Waals surface area contributed by atoms with Gasteiger partial charge in [-0.3, -0.25) is 4.79 Å². The van der Waals surface area contributed by atoms with Crippen LogP contribution in [0.2, 0.25) is 0 Å². The Morgan fingerprint density at radius 3 is 3.00 bits per heavy atom. The molecule has 3 nitrogen and oxygen atoms in total. The minimum Gasteiger partial charge on any atom is -0.393 e. The fourth-order valence-electron chi connectivity index (χ4n) is 1.37. The molecule has 4 heteroatoms. The minimum absolute atomic E-state index is 0.0802. The van der Waals surface area contributed by atoms with E-state index in [-0.39, 0.29) is 12.0 Å². The van der Waals surface area contributed by atoms with E-state index in [4.69, 9.17) is 5.11 Å².